The topological polar surface area (TPSA) is 58.6 Å². The maximum atomic E-state index is 13.9. The summed E-state index contributed by atoms with van der Waals surface area (Å²) < 4.78 is 6.10. The van der Waals surface area contributed by atoms with Crippen molar-refractivity contribution in [3.8, 4) is 5.75 Å². The maximum absolute atomic E-state index is 13.9. The smallest absolute Gasteiger partial charge is 0.261 e. The molecule has 5 nitrogen and oxygen atoms in total. The molecule has 0 bridgehead atoms. The van der Waals surface area contributed by atoms with E-state index in [1.54, 1.807) is 18.2 Å². The van der Waals surface area contributed by atoms with Gasteiger partial charge in [-0.05, 0) is 55.5 Å². The summed E-state index contributed by atoms with van der Waals surface area (Å²) in [7, 11) is 0. The molecule has 0 radical (unpaired) electrons. The number of carbonyl (C=O) groups excluding carboxylic acids is 2. The number of para-hydroxylation sites is 1. The minimum absolute atomic E-state index is 0.0523. The summed E-state index contributed by atoms with van der Waals surface area (Å²) in [6.45, 7) is 11.8. The third kappa shape index (κ3) is 8.74. The number of amides is 2. The first-order valence-corrected chi connectivity index (χ1v) is 13.8. The van der Waals surface area contributed by atoms with E-state index in [2.05, 4.69) is 26.1 Å². The molecule has 0 aliphatic heterocycles. The molecule has 0 spiro atoms. The lowest BCUT2D eigenvalue weighted by atomic mass is 9.86. The van der Waals surface area contributed by atoms with Crippen molar-refractivity contribution in [3.05, 3.63) is 99.5 Å². The highest BCUT2D eigenvalue weighted by molar-refractivity contribution is 6.36. The average Bonchev–Trinajstić information content (AvgIpc) is 2.85. The fourth-order valence-electron chi connectivity index (χ4n) is 4.30. The summed E-state index contributed by atoms with van der Waals surface area (Å²) in [6.07, 6.45) is 0.315. The maximum Gasteiger partial charge on any atom is 0.261 e. The Labute approximate surface area is 242 Å². The summed E-state index contributed by atoms with van der Waals surface area (Å²) in [5.41, 5.74) is 1.82. The molecule has 0 saturated carbocycles. The van der Waals surface area contributed by atoms with Crippen LogP contribution in [0.2, 0.25) is 10.0 Å². The first-order valence-electron chi connectivity index (χ1n) is 13.1. The number of hydrogen-bond donors (Lipinski definition) is 1. The van der Waals surface area contributed by atoms with Gasteiger partial charge in [-0.25, -0.2) is 0 Å². The molecule has 0 fully saturated rings. The SMILES string of the molecule is CC(C)(C)NC(=O)C(Cc1ccccc1)N(Cc1c(Cl)cccc1Cl)C(=O)COc1ccccc1C(C)(C)C. The number of carbonyl (C=O) groups is 2. The Morgan fingerprint density at radius 3 is 2.03 bits per heavy atom. The molecule has 3 aromatic rings. The zero-order valence-electron chi connectivity index (χ0n) is 23.6. The van der Waals surface area contributed by atoms with Crippen molar-refractivity contribution in [1.82, 2.24) is 10.2 Å². The minimum atomic E-state index is -0.826. The molecule has 3 rings (SSSR count). The van der Waals surface area contributed by atoms with E-state index in [4.69, 9.17) is 27.9 Å². The van der Waals surface area contributed by atoms with Crippen molar-refractivity contribution in [2.45, 2.75) is 71.5 Å². The molecule has 3 aromatic carbocycles. The lowest BCUT2D eigenvalue weighted by Gasteiger charge is -2.34. The zero-order valence-corrected chi connectivity index (χ0v) is 25.1. The molecule has 208 valence electrons. The van der Waals surface area contributed by atoms with Crippen molar-refractivity contribution in [3.63, 3.8) is 0 Å². The average molecular weight is 570 g/mol. The molecule has 0 saturated heterocycles. The van der Waals surface area contributed by atoms with Crippen LogP contribution in [0.25, 0.3) is 0 Å². The number of rotatable bonds is 9. The number of nitrogens with zero attached hydrogens (tertiary/aromatic N) is 1. The molecule has 0 heterocycles. The van der Waals surface area contributed by atoms with Crippen LogP contribution in [0.3, 0.4) is 0 Å². The molecule has 1 unspecified atom stereocenters. The summed E-state index contributed by atoms with van der Waals surface area (Å²) in [5.74, 6) is 0.0190. The van der Waals surface area contributed by atoms with Gasteiger partial charge in [-0.1, -0.05) is 98.6 Å². The summed E-state index contributed by atoms with van der Waals surface area (Å²) in [4.78, 5) is 29.2. The van der Waals surface area contributed by atoms with Gasteiger partial charge in [-0.3, -0.25) is 9.59 Å². The molecule has 2 amide bonds. The van der Waals surface area contributed by atoms with E-state index < -0.39 is 11.6 Å². The lowest BCUT2D eigenvalue weighted by molar-refractivity contribution is -0.143. The largest absolute Gasteiger partial charge is 0.483 e. The molecule has 7 heteroatoms. The third-order valence-corrected chi connectivity index (χ3v) is 6.91. The van der Waals surface area contributed by atoms with Gasteiger partial charge in [0.1, 0.15) is 11.8 Å². The van der Waals surface area contributed by atoms with Gasteiger partial charge >= 0.3 is 0 Å². The molecule has 1 N–H and O–H groups in total. The molecule has 39 heavy (non-hydrogen) atoms. The molecule has 0 aliphatic carbocycles. The van der Waals surface area contributed by atoms with Crippen LogP contribution in [-0.4, -0.2) is 34.9 Å². The third-order valence-electron chi connectivity index (χ3n) is 6.21. The second-order valence-corrected chi connectivity index (χ2v) is 12.5. The molecular formula is C32H38Cl2N2O3. The Balaban J connectivity index is 2.01. The van der Waals surface area contributed by atoms with Crippen LogP contribution in [0.1, 0.15) is 58.2 Å². The summed E-state index contributed by atoms with van der Waals surface area (Å²) in [6, 6.07) is 21.7. The van der Waals surface area contributed by atoms with Crippen LogP contribution >= 0.6 is 23.2 Å². The molecule has 0 aliphatic rings. The number of ether oxygens (including phenoxy) is 1. The van der Waals surface area contributed by atoms with Crippen LogP contribution in [0.5, 0.6) is 5.75 Å². The highest BCUT2D eigenvalue weighted by Crippen LogP contribution is 2.31. The van der Waals surface area contributed by atoms with Gasteiger partial charge in [0.25, 0.3) is 5.91 Å². The normalized spacial score (nSPS) is 12.5. The van der Waals surface area contributed by atoms with Crippen molar-refractivity contribution in [2.24, 2.45) is 0 Å². The van der Waals surface area contributed by atoms with Gasteiger partial charge in [0, 0.05) is 34.1 Å². The zero-order chi connectivity index (χ0) is 28.8. The van der Waals surface area contributed by atoms with Gasteiger partial charge in [0.05, 0.1) is 0 Å². The van der Waals surface area contributed by atoms with Crippen LogP contribution in [0.15, 0.2) is 72.8 Å². The van der Waals surface area contributed by atoms with E-state index in [-0.39, 0.29) is 30.4 Å². The molecular weight excluding hydrogens is 531 g/mol. The minimum Gasteiger partial charge on any atom is -0.483 e. The standard InChI is InChI=1S/C32H38Cl2N2O3/c1-31(2,3)24-15-10-11-18-28(24)39-21-29(37)36(20-23-25(33)16-12-17-26(23)34)27(30(38)35-32(4,5)6)19-22-13-8-7-9-14-22/h7-18,27H,19-21H2,1-6H3,(H,35,38). The van der Waals surface area contributed by atoms with E-state index in [1.807, 2.05) is 75.4 Å². The van der Waals surface area contributed by atoms with Gasteiger partial charge in [-0.15, -0.1) is 0 Å². The van der Waals surface area contributed by atoms with Gasteiger partial charge in [0.15, 0.2) is 6.61 Å². The molecule has 1 atom stereocenters. The number of hydrogen-bond acceptors (Lipinski definition) is 3. The van der Waals surface area contributed by atoms with Crippen molar-refractivity contribution < 1.29 is 14.3 Å². The van der Waals surface area contributed by atoms with Crippen molar-refractivity contribution in [1.29, 1.82) is 0 Å². The lowest BCUT2D eigenvalue weighted by Crippen LogP contribution is -2.55. The Morgan fingerprint density at radius 1 is 0.846 bits per heavy atom. The van der Waals surface area contributed by atoms with E-state index in [1.165, 1.54) is 4.90 Å². The first kappa shape index (κ1) is 30.5. The highest BCUT2D eigenvalue weighted by atomic mass is 35.5. The van der Waals surface area contributed by atoms with E-state index in [0.717, 1.165) is 11.1 Å². The van der Waals surface area contributed by atoms with Crippen LogP contribution < -0.4 is 10.1 Å². The number of halogens is 2. The first-order chi connectivity index (χ1) is 18.3. The Morgan fingerprint density at radius 2 is 1.44 bits per heavy atom. The van der Waals surface area contributed by atoms with E-state index in [0.29, 0.717) is 27.8 Å². The van der Waals surface area contributed by atoms with Gasteiger partial charge < -0.3 is 15.0 Å². The van der Waals surface area contributed by atoms with Crippen LogP contribution in [0.4, 0.5) is 0 Å². The Kier molecular flexibility index (Phi) is 10.1. The Bertz CT molecular complexity index is 1260. The van der Waals surface area contributed by atoms with E-state index >= 15 is 0 Å². The highest BCUT2D eigenvalue weighted by Gasteiger charge is 2.33. The number of nitrogens with one attached hydrogen (secondary N) is 1. The van der Waals surface area contributed by atoms with E-state index in [9.17, 15) is 9.59 Å². The number of benzene rings is 3. The van der Waals surface area contributed by atoms with Crippen LogP contribution in [0, 0.1) is 0 Å². The second kappa shape index (κ2) is 12.9. The summed E-state index contributed by atoms with van der Waals surface area (Å²) >= 11 is 13.0. The van der Waals surface area contributed by atoms with Crippen molar-refractivity contribution >= 4 is 35.0 Å². The fourth-order valence-corrected chi connectivity index (χ4v) is 4.81. The quantitative estimate of drug-likeness (QED) is 0.296. The molecule has 0 aromatic heterocycles. The van der Waals surface area contributed by atoms with Crippen molar-refractivity contribution in [2.75, 3.05) is 6.61 Å². The fraction of sp³-hybridized carbons (Fsp3) is 0.375. The van der Waals surface area contributed by atoms with Gasteiger partial charge in [-0.2, -0.15) is 0 Å². The predicted octanol–water partition coefficient (Wildman–Crippen LogP) is 7.22. The second-order valence-electron chi connectivity index (χ2n) is 11.7. The summed E-state index contributed by atoms with van der Waals surface area (Å²) in [5, 5.41) is 3.90. The van der Waals surface area contributed by atoms with Crippen LogP contribution in [-0.2, 0) is 28.0 Å². The predicted molar refractivity (Wildman–Crippen MR) is 159 cm³/mol. The van der Waals surface area contributed by atoms with Gasteiger partial charge in [0.2, 0.25) is 5.91 Å². The monoisotopic (exact) mass is 568 g/mol. The Hall–Kier alpha value is -3.02.